The molecular formula is C13H29NO2. The molecule has 0 aliphatic carbocycles. The van der Waals surface area contributed by atoms with Crippen LogP contribution < -0.4 is 5.32 Å². The maximum atomic E-state index is 5.68. The average molecular weight is 231 g/mol. The predicted molar refractivity (Wildman–Crippen MR) is 68.8 cm³/mol. The second-order valence-electron chi connectivity index (χ2n) is 4.84. The number of nitrogens with one attached hydrogen (secondary N) is 1. The summed E-state index contributed by atoms with van der Waals surface area (Å²) in [6.45, 7) is 14.0. The van der Waals surface area contributed by atoms with E-state index in [9.17, 15) is 0 Å². The van der Waals surface area contributed by atoms with E-state index in [4.69, 9.17) is 9.47 Å². The first kappa shape index (κ1) is 15.9. The molecule has 0 heterocycles. The Morgan fingerprint density at radius 1 is 1.06 bits per heavy atom. The molecule has 0 rings (SSSR count). The van der Waals surface area contributed by atoms with Crippen LogP contribution in [0.25, 0.3) is 0 Å². The molecule has 1 N–H and O–H groups in total. The Balaban J connectivity index is 3.33. The van der Waals surface area contributed by atoms with Gasteiger partial charge in [-0.25, -0.2) is 0 Å². The molecule has 0 bridgehead atoms. The SMILES string of the molecule is CCNC(C)CC(C)OCCOCC(C)C. The van der Waals surface area contributed by atoms with E-state index in [1.54, 1.807) is 0 Å². The second-order valence-corrected chi connectivity index (χ2v) is 4.84. The highest BCUT2D eigenvalue weighted by molar-refractivity contribution is 4.63. The van der Waals surface area contributed by atoms with Crippen molar-refractivity contribution in [1.82, 2.24) is 5.32 Å². The number of hydrogen-bond acceptors (Lipinski definition) is 3. The molecule has 2 atom stereocenters. The van der Waals surface area contributed by atoms with Gasteiger partial charge in [0.1, 0.15) is 0 Å². The quantitative estimate of drug-likeness (QED) is 0.586. The molecule has 0 saturated carbocycles. The minimum absolute atomic E-state index is 0.302. The van der Waals surface area contributed by atoms with Gasteiger partial charge in [0.25, 0.3) is 0 Å². The fourth-order valence-corrected chi connectivity index (χ4v) is 1.62. The van der Waals surface area contributed by atoms with Crippen molar-refractivity contribution in [3.63, 3.8) is 0 Å². The van der Waals surface area contributed by atoms with Crippen LogP contribution in [0.3, 0.4) is 0 Å². The van der Waals surface area contributed by atoms with Gasteiger partial charge in [-0.05, 0) is 32.7 Å². The van der Waals surface area contributed by atoms with Crippen molar-refractivity contribution in [2.45, 2.75) is 53.2 Å². The summed E-state index contributed by atoms with van der Waals surface area (Å²) in [5, 5.41) is 3.38. The molecule has 98 valence electrons. The van der Waals surface area contributed by atoms with Crippen LogP contribution in [0.1, 0.15) is 41.0 Å². The van der Waals surface area contributed by atoms with E-state index in [-0.39, 0.29) is 0 Å². The Hall–Kier alpha value is -0.120. The van der Waals surface area contributed by atoms with Crippen LogP contribution in [0, 0.1) is 5.92 Å². The lowest BCUT2D eigenvalue weighted by Crippen LogP contribution is -2.30. The van der Waals surface area contributed by atoms with Crippen LogP contribution in [-0.4, -0.2) is 38.5 Å². The molecule has 0 saturated heterocycles. The largest absolute Gasteiger partial charge is 0.379 e. The Bertz CT molecular complexity index is 151. The normalized spacial score (nSPS) is 15.4. The summed E-state index contributed by atoms with van der Waals surface area (Å²) in [4.78, 5) is 0. The Labute approximate surface area is 101 Å². The Morgan fingerprint density at radius 2 is 1.75 bits per heavy atom. The third-order valence-electron chi connectivity index (χ3n) is 2.32. The number of ether oxygens (including phenoxy) is 2. The van der Waals surface area contributed by atoms with E-state index in [0.29, 0.717) is 31.3 Å². The highest BCUT2D eigenvalue weighted by atomic mass is 16.5. The zero-order valence-electron chi connectivity index (χ0n) is 11.6. The predicted octanol–water partition coefficient (Wildman–Crippen LogP) is 2.45. The molecular weight excluding hydrogens is 202 g/mol. The van der Waals surface area contributed by atoms with Crippen molar-refractivity contribution in [3.8, 4) is 0 Å². The summed E-state index contributed by atoms with van der Waals surface area (Å²) in [5.41, 5.74) is 0. The zero-order valence-corrected chi connectivity index (χ0v) is 11.6. The summed E-state index contributed by atoms with van der Waals surface area (Å²) in [6.07, 6.45) is 1.36. The third kappa shape index (κ3) is 10.4. The van der Waals surface area contributed by atoms with Crippen LogP contribution in [0.4, 0.5) is 0 Å². The molecule has 0 aromatic heterocycles. The summed E-state index contributed by atoms with van der Waals surface area (Å²) in [6, 6.07) is 0.525. The maximum absolute atomic E-state index is 5.68. The van der Waals surface area contributed by atoms with Gasteiger partial charge in [-0.2, -0.15) is 0 Å². The van der Waals surface area contributed by atoms with E-state index < -0.39 is 0 Å². The van der Waals surface area contributed by atoms with Gasteiger partial charge >= 0.3 is 0 Å². The highest BCUT2D eigenvalue weighted by Crippen LogP contribution is 2.02. The van der Waals surface area contributed by atoms with Crippen molar-refractivity contribution in [1.29, 1.82) is 0 Å². The molecule has 3 nitrogen and oxygen atoms in total. The number of hydrogen-bond donors (Lipinski definition) is 1. The Morgan fingerprint density at radius 3 is 2.31 bits per heavy atom. The summed E-state index contributed by atoms with van der Waals surface area (Å²) in [5.74, 6) is 0.603. The van der Waals surface area contributed by atoms with Crippen LogP contribution >= 0.6 is 0 Å². The van der Waals surface area contributed by atoms with Crippen molar-refractivity contribution in [2.75, 3.05) is 26.4 Å². The minimum Gasteiger partial charge on any atom is -0.379 e. The first-order valence-electron chi connectivity index (χ1n) is 6.49. The lowest BCUT2D eigenvalue weighted by Gasteiger charge is -2.18. The summed E-state index contributed by atoms with van der Waals surface area (Å²) < 4.78 is 11.1. The lowest BCUT2D eigenvalue weighted by molar-refractivity contribution is 0.000700. The van der Waals surface area contributed by atoms with Gasteiger partial charge in [0.05, 0.1) is 19.3 Å². The smallest absolute Gasteiger partial charge is 0.0704 e. The van der Waals surface area contributed by atoms with Gasteiger partial charge < -0.3 is 14.8 Å². The minimum atomic E-state index is 0.302. The molecule has 0 aliphatic heterocycles. The van der Waals surface area contributed by atoms with Crippen molar-refractivity contribution in [3.05, 3.63) is 0 Å². The van der Waals surface area contributed by atoms with E-state index in [2.05, 4.69) is 39.9 Å². The van der Waals surface area contributed by atoms with Gasteiger partial charge in [0.2, 0.25) is 0 Å². The molecule has 0 spiro atoms. The number of rotatable bonds is 10. The molecule has 0 amide bonds. The third-order valence-corrected chi connectivity index (χ3v) is 2.32. The van der Waals surface area contributed by atoms with E-state index in [0.717, 1.165) is 19.6 Å². The average Bonchev–Trinajstić information content (AvgIpc) is 2.16. The molecule has 0 fully saturated rings. The van der Waals surface area contributed by atoms with Gasteiger partial charge in [0.15, 0.2) is 0 Å². The first-order valence-corrected chi connectivity index (χ1v) is 6.49. The van der Waals surface area contributed by atoms with Gasteiger partial charge in [-0.3, -0.25) is 0 Å². The molecule has 3 heteroatoms. The van der Waals surface area contributed by atoms with E-state index in [1.807, 2.05) is 0 Å². The van der Waals surface area contributed by atoms with Crippen molar-refractivity contribution < 1.29 is 9.47 Å². The molecule has 0 aromatic rings. The van der Waals surface area contributed by atoms with Crippen molar-refractivity contribution in [2.24, 2.45) is 5.92 Å². The monoisotopic (exact) mass is 231 g/mol. The van der Waals surface area contributed by atoms with E-state index in [1.165, 1.54) is 0 Å². The summed E-state index contributed by atoms with van der Waals surface area (Å²) in [7, 11) is 0. The van der Waals surface area contributed by atoms with Crippen molar-refractivity contribution >= 4 is 0 Å². The standard InChI is InChI=1S/C13H29NO2/c1-6-14-12(4)9-13(5)16-8-7-15-10-11(2)3/h11-14H,6-10H2,1-5H3. The van der Waals surface area contributed by atoms with E-state index >= 15 is 0 Å². The van der Waals surface area contributed by atoms with Gasteiger partial charge in [0, 0.05) is 12.6 Å². The van der Waals surface area contributed by atoms with Gasteiger partial charge in [-0.1, -0.05) is 20.8 Å². The molecule has 0 aromatic carbocycles. The van der Waals surface area contributed by atoms with Crippen LogP contribution in [0.2, 0.25) is 0 Å². The first-order chi connectivity index (χ1) is 7.56. The maximum Gasteiger partial charge on any atom is 0.0704 e. The van der Waals surface area contributed by atoms with Crippen LogP contribution in [0.5, 0.6) is 0 Å². The van der Waals surface area contributed by atoms with Crippen LogP contribution in [0.15, 0.2) is 0 Å². The fraction of sp³-hybridized carbons (Fsp3) is 1.00. The fourth-order valence-electron chi connectivity index (χ4n) is 1.62. The lowest BCUT2D eigenvalue weighted by atomic mass is 10.1. The summed E-state index contributed by atoms with van der Waals surface area (Å²) >= 11 is 0. The molecule has 16 heavy (non-hydrogen) atoms. The zero-order chi connectivity index (χ0) is 12.4. The van der Waals surface area contributed by atoms with Gasteiger partial charge in [-0.15, -0.1) is 0 Å². The second kappa shape index (κ2) is 10.1. The topological polar surface area (TPSA) is 30.5 Å². The van der Waals surface area contributed by atoms with Crippen LogP contribution in [-0.2, 0) is 9.47 Å². The molecule has 0 aliphatic rings. The molecule has 0 radical (unpaired) electrons. The highest BCUT2D eigenvalue weighted by Gasteiger charge is 2.07. The Kier molecular flexibility index (Phi) is 9.99. The molecule has 2 unspecified atom stereocenters.